The van der Waals surface area contributed by atoms with Gasteiger partial charge < -0.3 is 9.88 Å². The Hall–Kier alpha value is -0.920. The van der Waals surface area contributed by atoms with E-state index >= 15 is 0 Å². The van der Waals surface area contributed by atoms with Gasteiger partial charge in [-0.25, -0.2) is 13.4 Å². The number of hydrogen-bond donors (Lipinski definition) is 1. The molecule has 0 amide bonds. The minimum atomic E-state index is -3.46. The molecule has 0 aromatic carbocycles. The second kappa shape index (κ2) is 5.38. The van der Waals surface area contributed by atoms with Gasteiger partial charge >= 0.3 is 0 Å². The first-order valence-electron chi connectivity index (χ1n) is 6.25. The van der Waals surface area contributed by atoms with Gasteiger partial charge in [0.2, 0.25) is 0 Å². The number of rotatable bonds is 5. The van der Waals surface area contributed by atoms with Crippen LogP contribution in [-0.4, -0.2) is 48.0 Å². The summed E-state index contributed by atoms with van der Waals surface area (Å²) in [6, 6.07) is 0.267. The van der Waals surface area contributed by atoms with Gasteiger partial charge in [0, 0.05) is 32.4 Å². The third kappa shape index (κ3) is 2.73. The molecule has 0 radical (unpaired) electrons. The molecule has 0 bridgehead atoms. The summed E-state index contributed by atoms with van der Waals surface area (Å²) < 4.78 is 27.9. The van der Waals surface area contributed by atoms with Crippen molar-refractivity contribution in [3.05, 3.63) is 12.5 Å². The highest BCUT2D eigenvalue weighted by Crippen LogP contribution is 2.15. The van der Waals surface area contributed by atoms with E-state index in [1.54, 1.807) is 17.8 Å². The number of aromatic nitrogens is 2. The minimum absolute atomic E-state index is 0.129. The maximum Gasteiger partial charge on any atom is 0.262 e. The maximum absolute atomic E-state index is 12.4. The van der Waals surface area contributed by atoms with Crippen LogP contribution in [0.3, 0.4) is 0 Å². The molecule has 6 nitrogen and oxygen atoms in total. The van der Waals surface area contributed by atoms with Gasteiger partial charge in [0.25, 0.3) is 10.0 Å². The molecule has 1 unspecified atom stereocenters. The van der Waals surface area contributed by atoms with Crippen molar-refractivity contribution >= 4 is 10.0 Å². The van der Waals surface area contributed by atoms with Crippen molar-refractivity contribution in [2.45, 2.75) is 30.8 Å². The fourth-order valence-corrected chi connectivity index (χ4v) is 3.67. The highest BCUT2D eigenvalue weighted by atomic mass is 32.2. The van der Waals surface area contributed by atoms with Crippen LogP contribution in [0.4, 0.5) is 0 Å². The van der Waals surface area contributed by atoms with Crippen molar-refractivity contribution in [1.29, 1.82) is 0 Å². The van der Waals surface area contributed by atoms with E-state index in [9.17, 15) is 8.42 Å². The van der Waals surface area contributed by atoms with E-state index in [0.29, 0.717) is 13.1 Å². The molecule has 1 fully saturated rings. The Balaban J connectivity index is 2.15. The van der Waals surface area contributed by atoms with Gasteiger partial charge in [0.1, 0.15) is 0 Å². The van der Waals surface area contributed by atoms with Crippen molar-refractivity contribution in [2.24, 2.45) is 7.05 Å². The van der Waals surface area contributed by atoms with Gasteiger partial charge in [-0.15, -0.1) is 0 Å². The largest absolute Gasteiger partial charge is 0.339 e. The van der Waals surface area contributed by atoms with E-state index in [2.05, 4.69) is 10.3 Å². The lowest BCUT2D eigenvalue weighted by molar-refractivity contribution is 0.381. The third-order valence-electron chi connectivity index (χ3n) is 3.22. The Morgan fingerprint density at radius 1 is 1.61 bits per heavy atom. The summed E-state index contributed by atoms with van der Waals surface area (Å²) in [5.74, 6) is 0. The Morgan fingerprint density at radius 3 is 2.89 bits per heavy atom. The zero-order chi connectivity index (χ0) is 13.2. The van der Waals surface area contributed by atoms with Crippen LogP contribution in [0.15, 0.2) is 17.6 Å². The van der Waals surface area contributed by atoms with Gasteiger partial charge in [-0.05, 0) is 19.4 Å². The van der Waals surface area contributed by atoms with Gasteiger partial charge in [0.15, 0.2) is 5.03 Å². The average Bonchev–Trinajstić information content (AvgIpc) is 2.96. The van der Waals surface area contributed by atoms with Gasteiger partial charge in [-0.3, -0.25) is 0 Å². The van der Waals surface area contributed by atoms with Crippen LogP contribution < -0.4 is 5.32 Å². The van der Waals surface area contributed by atoms with E-state index in [1.165, 1.54) is 10.6 Å². The predicted molar refractivity (Wildman–Crippen MR) is 68.7 cm³/mol. The van der Waals surface area contributed by atoms with Gasteiger partial charge in [-0.2, -0.15) is 4.31 Å². The van der Waals surface area contributed by atoms with Crippen LogP contribution in [0.1, 0.15) is 19.8 Å². The van der Waals surface area contributed by atoms with Crippen LogP contribution in [0.2, 0.25) is 0 Å². The molecule has 2 rings (SSSR count). The molecule has 2 heterocycles. The van der Waals surface area contributed by atoms with E-state index in [4.69, 9.17) is 0 Å². The lowest BCUT2D eigenvalue weighted by Crippen LogP contribution is -2.41. The van der Waals surface area contributed by atoms with Gasteiger partial charge in [0.05, 0.1) is 6.33 Å². The molecule has 1 N–H and O–H groups in total. The lowest BCUT2D eigenvalue weighted by Gasteiger charge is -2.22. The zero-order valence-electron chi connectivity index (χ0n) is 10.8. The number of likely N-dealkylation sites (N-methyl/N-ethyl adjacent to an activating group) is 1. The first kappa shape index (κ1) is 13.5. The minimum Gasteiger partial charge on any atom is -0.339 e. The van der Waals surface area contributed by atoms with Crippen LogP contribution >= 0.6 is 0 Å². The molecular weight excluding hydrogens is 252 g/mol. The second-order valence-corrected chi connectivity index (χ2v) is 6.51. The summed E-state index contributed by atoms with van der Waals surface area (Å²) >= 11 is 0. The summed E-state index contributed by atoms with van der Waals surface area (Å²) in [4.78, 5) is 3.94. The van der Waals surface area contributed by atoms with Crippen LogP contribution in [0.25, 0.3) is 0 Å². The van der Waals surface area contributed by atoms with Crippen molar-refractivity contribution < 1.29 is 8.42 Å². The Bertz CT molecular complexity index is 491. The van der Waals surface area contributed by atoms with Gasteiger partial charge in [-0.1, -0.05) is 6.92 Å². The van der Waals surface area contributed by atoms with E-state index in [-0.39, 0.29) is 11.1 Å². The lowest BCUT2D eigenvalue weighted by atomic mass is 10.2. The number of sulfonamides is 1. The normalized spacial score (nSPS) is 20.7. The number of imidazole rings is 1. The molecule has 0 spiro atoms. The van der Waals surface area contributed by atoms with E-state index < -0.39 is 10.0 Å². The average molecular weight is 272 g/mol. The molecule has 1 atom stereocenters. The van der Waals surface area contributed by atoms with Crippen molar-refractivity contribution in [1.82, 2.24) is 19.2 Å². The smallest absolute Gasteiger partial charge is 0.262 e. The number of hydrogen-bond acceptors (Lipinski definition) is 4. The Labute approximate surface area is 108 Å². The van der Waals surface area contributed by atoms with E-state index in [0.717, 1.165) is 19.4 Å². The summed E-state index contributed by atoms with van der Waals surface area (Å²) in [6.45, 7) is 3.83. The molecule has 1 aromatic rings. The molecule has 0 saturated carbocycles. The van der Waals surface area contributed by atoms with E-state index in [1.807, 2.05) is 6.92 Å². The number of aryl methyl sites for hydroxylation is 1. The predicted octanol–water partition coefficient (Wildman–Crippen LogP) is 0.183. The summed E-state index contributed by atoms with van der Waals surface area (Å²) in [6.07, 6.45) is 5.20. The molecular formula is C11H20N4O2S. The van der Waals surface area contributed by atoms with Crippen molar-refractivity contribution in [2.75, 3.05) is 19.6 Å². The fraction of sp³-hybridized carbons (Fsp3) is 0.727. The zero-order valence-corrected chi connectivity index (χ0v) is 11.7. The maximum atomic E-state index is 12.4. The highest BCUT2D eigenvalue weighted by molar-refractivity contribution is 7.89. The van der Waals surface area contributed by atoms with Crippen molar-refractivity contribution in [3.8, 4) is 0 Å². The molecule has 0 aliphatic carbocycles. The Morgan fingerprint density at radius 2 is 2.39 bits per heavy atom. The van der Waals surface area contributed by atoms with Crippen LogP contribution in [-0.2, 0) is 17.1 Å². The first-order valence-corrected chi connectivity index (χ1v) is 7.69. The molecule has 1 aromatic heterocycles. The molecule has 1 aliphatic heterocycles. The quantitative estimate of drug-likeness (QED) is 0.830. The molecule has 7 heteroatoms. The number of nitrogens with one attached hydrogen (secondary N) is 1. The van der Waals surface area contributed by atoms with Crippen LogP contribution in [0.5, 0.6) is 0 Å². The van der Waals surface area contributed by atoms with Crippen molar-refractivity contribution in [3.63, 3.8) is 0 Å². The fourth-order valence-electron chi connectivity index (χ4n) is 2.21. The topological polar surface area (TPSA) is 67.2 Å². The molecule has 102 valence electrons. The highest BCUT2D eigenvalue weighted by Gasteiger charge is 2.28. The SMILES string of the molecule is CCN(CC1CCCN1)S(=O)(=O)c1cn(C)cn1. The summed E-state index contributed by atoms with van der Waals surface area (Å²) in [5.41, 5.74) is 0. The van der Waals surface area contributed by atoms with Crippen LogP contribution in [0, 0.1) is 0 Å². The molecule has 1 saturated heterocycles. The third-order valence-corrected chi connectivity index (χ3v) is 5.05. The molecule has 1 aliphatic rings. The first-order chi connectivity index (χ1) is 8.54. The summed E-state index contributed by atoms with van der Waals surface area (Å²) in [7, 11) is -1.69. The molecule has 18 heavy (non-hydrogen) atoms. The number of nitrogens with zero attached hydrogens (tertiary/aromatic N) is 3. The standard InChI is InChI=1S/C11H20N4O2S/c1-3-15(7-10-5-4-6-12-10)18(16,17)11-8-14(2)9-13-11/h8-10,12H,3-7H2,1-2H3. The summed E-state index contributed by atoms with van der Waals surface area (Å²) in [5, 5.41) is 3.45. The monoisotopic (exact) mass is 272 g/mol. The Kier molecular flexibility index (Phi) is 4.04. The second-order valence-electron chi connectivity index (χ2n) is 4.63.